The van der Waals surface area contributed by atoms with Gasteiger partial charge in [-0.05, 0) is 25.0 Å². The molecule has 1 fully saturated rings. The summed E-state index contributed by atoms with van der Waals surface area (Å²) in [5.74, 6) is 1.40. The van der Waals surface area contributed by atoms with E-state index in [-0.39, 0.29) is 0 Å². The van der Waals surface area contributed by atoms with Crippen LogP contribution in [0.2, 0.25) is 5.15 Å². The van der Waals surface area contributed by atoms with Crippen molar-refractivity contribution in [2.75, 3.05) is 0 Å². The molecule has 0 spiro atoms. The van der Waals surface area contributed by atoms with Crippen LogP contribution in [0.4, 0.5) is 0 Å². The minimum Gasteiger partial charge on any atom is -0.245 e. The highest BCUT2D eigenvalue weighted by atomic mass is 35.5. The first kappa shape index (κ1) is 11.6. The summed E-state index contributed by atoms with van der Waals surface area (Å²) in [5, 5.41) is 1.67. The molecule has 5 heteroatoms. The van der Waals surface area contributed by atoms with Crippen molar-refractivity contribution in [3.05, 3.63) is 29.3 Å². The molecule has 3 heterocycles. The SMILES string of the molecule is Clc1nc(C2CCCC2)nc2c1sc1ncccc12. The summed E-state index contributed by atoms with van der Waals surface area (Å²) in [6.07, 6.45) is 6.71. The van der Waals surface area contributed by atoms with Crippen LogP contribution in [0.15, 0.2) is 18.3 Å². The lowest BCUT2D eigenvalue weighted by molar-refractivity contribution is 0.673. The van der Waals surface area contributed by atoms with Gasteiger partial charge in [-0.3, -0.25) is 0 Å². The molecular weight excluding hydrogens is 278 g/mol. The summed E-state index contributed by atoms with van der Waals surface area (Å²) >= 11 is 7.92. The Morgan fingerprint density at radius 1 is 1.21 bits per heavy atom. The van der Waals surface area contributed by atoms with E-state index in [2.05, 4.69) is 16.0 Å². The van der Waals surface area contributed by atoms with Crippen molar-refractivity contribution in [2.45, 2.75) is 31.6 Å². The topological polar surface area (TPSA) is 38.7 Å². The Bertz CT molecular complexity index is 762. The first-order valence-corrected chi connectivity index (χ1v) is 7.73. The number of pyridine rings is 1. The molecule has 0 aliphatic heterocycles. The maximum Gasteiger partial charge on any atom is 0.150 e. The quantitative estimate of drug-likeness (QED) is 0.617. The second-order valence-electron chi connectivity index (χ2n) is 4.99. The van der Waals surface area contributed by atoms with Gasteiger partial charge in [0.15, 0.2) is 5.15 Å². The fourth-order valence-electron chi connectivity index (χ4n) is 2.83. The van der Waals surface area contributed by atoms with Gasteiger partial charge in [-0.15, -0.1) is 11.3 Å². The average Bonchev–Trinajstić information content (AvgIpc) is 3.06. The van der Waals surface area contributed by atoms with Gasteiger partial charge in [0, 0.05) is 17.5 Å². The maximum absolute atomic E-state index is 6.34. The van der Waals surface area contributed by atoms with Crippen molar-refractivity contribution in [1.29, 1.82) is 0 Å². The second-order valence-corrected chi connectivity index (χ2v) is 6.35. The molecule has 0 saturated heterocycles. The van der Waals surface area contributed by atoms with Gasteiger partial charge in [-0.1, -0.05) is 24.4 Å². The maximum atomic E-state index is 6.34. The summed E-state index contributed by atoms with van der Waals surface area (Å²) in [5.41, 5.74) is 0.968. The van der Waals surface area contributed by atoms with Crippen LogP contribution in [0, 0.1) is 0 Å². The van der Waals surface area contributed by atoms with E-state index in [1.165, 1.54) is 25.7 Å². The van der Waals surface area contributed by atoms with Gasteiger partial charge in [0.05, 0.1) is 10.2 Å². The summed E-state index contributed by atoms with van der Waals surface area (Å²) in [7, 11) is 0. The molecule has 3 nitrogen and oxygen atoms in total. The van der Waals surface area contributed by atoms with Crippen molar-refractivity contribution in [3.63, 3.8) is 0 Å². The number of hydrogen-bond acceptors (Lipinski definition) is 4. The van der Waals surface area contributed by atoms with Gasteiger partial charge in [-0.2, -0.15) is 0 Å². The van der Waals surface area contributed by atoms with Crippen LogP contribution in [0.3, 0.4) is 0 Å². The largest absolute Gasteiger partial charge is 0.245 e. The highest BCUT2D eigenvalue weighted by Gasteiger charge is 2.22. The molecule has 96 valence electrons. The molecule has 0 N–H and O–H groups in total. The van der Waals surface area contributed by atoms with E-state index in [0.29, 0.717) is 11.1 Å². The molecule has 3 aromatic heterocycles. The monoisotopic (exact) mass is 289 g/mol. The third-order valence-corrected chi connectivity index (χ3v) is 5.28. The van der Waals surface area contributed by atoms with Crippen molar-refractivity contribution in [1.82, 2.24) is 15.0 Å². The first-order chi connectivity index (χ1) is 9.33. The van der Waals surface area contributed by atoms with Gasteiger partial charge in [0.1, 0.15) is 10.7 Å². The Labute approximate surface area is 119 Å². The van der Waals surface area contributed by atoms with Crippen LogP contribution in [0.5, 0.6) is 0 Å². The lowest BCUT2D eigenvalue weighted by Crippen LogP contribution is -2.00. The second kappa shape index (κ2) is 4.39. The predicted molar refractivity (Wildman–Crippen MR) is 78.9 cm³/mol. The predicted octanol–water partition coefficient (Wildman–Crippen LogP) is 4.55. The standard InChI is InChI=1S/C14H12ClN3S/c15-12-11-10(9-6-3-7-16-14(9)19-11)17-13(18-12)8-4-1-2-5-8/h3,6-8H,1-2,4-5H2. The third kappa shape index (κ3) is 1.82. The lowest BCUT2D eigenvalue weighted by atomic mass is 10.1. The smallest absolute Gasteiger partial charge is 0.150 e. The third-order valence-electron chi connectivity index (χ3n) is 3.79. The Morgan fingerprint density at radius 3 is 2.89 bits per heavy atom. The zero-order chi connectivity index (χ0) is 12.8. The minimum atomic E-state index is 0.480. The zero-order valence-corrected chi connectivity index (χ0v) is 11.8. The fourth-order valence-corrected chi connectivity index (χ4v) is 4.08. The zero-order valence-electron chi connectivity index (χ0n) is 10.3. The molecule has 19 heavy (non-hydrogen) atoms. The lowest BCUT2D eigenvalue weighted by Gasteiger charge is -2.07. The average molecular weight is 290 g/mol. The van der Waals surface area contributed by atoms with Crippen LogP contribution >= 0.6 is 22.9 Å². The molecule has 1 aliphatic rings. The van der Waals surface area contributed by atoms with Crippen LogP contribution in [0.1, 0.15) is 37.4 Å². The normalized spacial score (nSPS) is 16.7. The summed E-state index contributed by atoms with van der Waals surface area (Å²) in [4.78, 5) is 14.7. The van der Waals surface area contributed by atoms with Crippen LogP contribution in [-0.4, -0.2) is 15.0 Å². The Hall–Kier alpha value is -1.26. The number of fused-ring (bicyclic) bond motifs is 3. The van der Waals surface area contributed by atoms with E-state index in [1.807, 2.05) is 6.07 Å². The van der Waals surface area contributed by atoms with Gasteiger partial charge in [-0.25, -0.2) is 15.0 Å². The molecule has 4 rings (SSSR count). The number of nitrogens with zero attached hydrogens (tertiary/aromatic N) is 3. The summed E-state index contributed by atoms with van der Waals surface area (Å²) in [6, 6.07) is 4.00. The van der Waals surface area contributed by atoms with E-state index in [0.717, 1.165) is 26.3 Å². The van der Waals surface area contributed by atoms with E-state index >= 15 is 0 Å². The molecule has 1 aliphatic carbocycles. The highest BCUT2D eigenvalue weighted by molar-refractivity contribution is 7.25. The van der Waals surface area contributed by atoms with E-state index in [4.69, 9.17) is 16.6 Å². The summed E-state index contributed by atoms with van der Waals surface area (Å²) < 4.78 is 0.956. The summed E-state index contributed by atoms with van der Waals surface area (Å²) in [6.45, 7) is 0. The highest BCUT2D eigenvalue weighted by Crippen LogP contribution is 2.38. The Kier molecular flexibility index (Phi) is 2.67. The Balaban J connectivity index is 2.00. The Morgan fingerprint density at radius 2 is 2.05 bits per heavy atom. The number of aromatic nitrogens is 3. The molecule has 0 unspecified atom stereocenters. The number of thiophene rings is 1. The molecule has 0 atom stereocenters. The fraction of sp³-hybridized carbons (Fsp3) is 0.357. The van der Waals surface area contributed by atoms with E-state index in [1.54, 1.807) is 17.5 Å². The van der Waals surface area contributed by atoms with Crippen molar-refractivity contribution >= 4 is 43.4 Å². The molecule has 0 amide bonds. The van der Waals surface area contributed by atoms with Gasteiger partial charge in [0.25, 0.3) is 0 Å². The number of halogens is 1. The minimum absolute atomic E-state index is 0.480. The van der Waals surface area contributed by atoms with Crippen LogP contribution < -0.4 is 0 Å². The molecule has 0 aromatic carbocycles. The van der Waals surface area contributed by atoms with E-state index < -0.39 is 0 Å². The van der Waals surface area contributed by atoms with Crippen LogP contribution in [-0.2, 0) is 0 Å². The molecule has 0 radical (unpaired) electrons. The molecule has 1 saturated carbocycles. The van der Waals surface area contributed by atoms with Crippen molar-refractivity contribution in [3.8, 4) is 0 Å². The van der Waals surface area contributed by atoms with Crippen molar-refractivity contribution in [2.24, 2.45) is 0 Å². The van der Waals surface area contributed by atoms with E-state index in [9.17, 15) is 0 Å². The molecule has 0 bridgehead atoms. The molecule has 3 aromatic rings. The van der Waals surface area contributed by atoms with Gasteiger partial charge >= 0.3 is 0 Å². The van der Waals surface area contributed by atoms with Crippen molar-refractivity contribution < 1.29 is 0 Å². The first-order valence-electron chi connectivity index (χ1n) is 6.53. The number of rotatable bonds is 1. The van der Waals surface area contributed by atoms with Gasteiger partial charge in [0.2, 0.25) is 0 Å². The number of hydrogen-bond donors (Lipinski definition) is 0. The van der Waals surface area contributed by atoms with Crippen LogP contribution in [0.25, 0.3) is 20.4 Å². The molecular formula is C14H12ClN3S. The van der Waals surface area contributed by atoms with Gasteiger partial charge < -0.3 is 0 Å².